The first-order valence-electron chi connectivity index (χ1n) is 9.92. The molecule has 0 amide bonds. The molecule has 156 valence electrons. The van der Waals surface area contributed by atoms with Crippen molar-refractivity contribution in [2.75, 3.05) is 45.3 Å². The van der Waals surface area contributed by atoms with Crippen molar-refractivity contribution in [3.63, 3.8) is 0 Å². The summed E-state index contributed by atoms with van der Waals surface area (Å²) in [4.78, 5) is 10.6. The van der Waals surface area contributed by atoms with Crippen LogP contribution in [-0.4, -0.2) is 59.9 Å². The topological polar surface area (TPSA) is 55.1 Å². The Labute approximate surface area is 175 Å². The molecule has 2 aromatic heterocycles. The number of fused-ring (bicyclic) bond motifs is 1. The predicted molar refractivity (Wildman–Crippen MR) is 117 cm³/mol. The number of methoxy groups -OCH3 is 2. The number of benzene rings is 1. The lowest BCUT2D eigenvalue weighted by Gasteiger charge is -2.34. The molecule has 1 aliphatic heterocycles. The first-order chi connectivity index (χ1) is 13.9. The fourth-order valence-electron chi connectivity index (χ4n) is 3.51. The second-order valence-corrected chi connectivity index (χ2v) is 9.37. The highest BCUT2D eigenvalue weighted by Gasteiger charge is 2.23. The predicted octanol–water partition coefficient (Wildman–Crippen LogP) is 3.43. The molecule has 0 radical (unpaired) electrons. The highest BCUT2D eigenvalue weighted by atomic mass is 32.1. The standard InChI is InChI=1S/C21H29N5O2S/c1-21(2,3)18-14-26-19(22-18)29-20(23-26)25-10-8-24(9-11-25)13-15-6-7-16(27-4)17(12-15)28-5/h6-7,12,14H,8-11,13H2,1-5H3. The first-order valence-corrected chi connectivity index (χ1v) is 10.7. The van der Waals surface area contributed by atoms with E-state index in [1.165, 1.54) is 5.56 Å². The number of hydrogen-bond acceptors (Lipinski definition) is 7. The maximum Gasteiger partial charge on any atom is 0.214 e. The Morgan fingerprint density at radius 1 is 1.03 bits per heavy atom. The molecule has 4 rings (SSSR count). The van der Waals surface area contributed by atoms with Crippen molar-refractivity contribution in [2.45, 2.75) is 32.7 Å². The van der Waals surface area contributed by atoms with Gasteiger partial charge in [0.25, 0.3) is 0 Å². The monoisotopic (exact) mass is 415 g/mol. The molecule has 1 fully saturated rings. The molecule has 1 saturated heterocycles. The van der Waals surface area contributed by atoms with Crippen LogP contribution in [0.2, 0.25) is 0 Å². The Morgan fingerprint density at radius 3 is 2.38 bits per heavy atom. The van der Waals surface area contributed by atoms with Crippen LogP contribution in [0.4, 0.5) is 5.13 Å². The molecule has 0 N–H and O–H groups in total. The number of rotatable bonds is 5. The van der Waals surface area contributed by atoms with Crippen molar-refractivity contribution in [1.29, 1.82) is 0 Å². The lowest BCUT2D eigenvalue weighted by atomic mass is 9.93. The lowest BCUT2D eigenvalue weighted by Crippen LogP contribution is -2.46. The van der Waals surface area contributed by atoms with Gasteiger partial charge in [-0.25, -0.2) is 9.50 Å². The van der Waals surface area contributed by atoms with Gasteiger partial charge in [-0.3, -0.25) is 4.90 Å². The van der Waals surface area contributed by atoms with E-state index in [9.17, 15) is 0 Å². The van der Waals surface area contributed by atoms with E-state index >= 15 is 0 Å². The highest BCUT2D eigenvalue weighted by molar-refractivity contribution is 7.20. The molecule has 0 unspecified atom stereocenters. The van der Waals surface area contributed by atoms with E-state index in [2.05, 4.69) is 48.9 Å². The van der Waals surface area contributed by atoms with Crippen LogP contribution in [0.1, 0.15) is 32.0 Å². The Hall–Kier alpha value is -2.32. The zero-order valence-corrected chi connectivity index (χ0v) is 18.6. The summed E-state index contributed by atoms with van der Waals surface area (Å²) in [5.74, 6) is 1.55. The third-order valence-electron chi connectivity index (χ3n) is 5.30. The summed E-state index contributed by atoms with van der Waals surface area (Å²) < 4.78 is 12.7. The number of piperazine rings is 1. The first kappa shape index (κ1) is 20.0. The van der Waals surface area contributed by atoms with Crippen molar-refractivity contribution in [3.8, 4) is 11.5 Å². The van der Waals surface area contributed by atoms with Gasteiger partial charge < -0.3 is 14.4 Å². The van der Waals surface area contributed by atoms with Gasteiger partial charge in [-0.05, 0) is 17.7 Å². The molecule has 0 spiro atoms. The third kappa shape index (κ3) is 4.18. The van der Waals surface area contributed by atoms with Gasteiger partial charge in [0, 0.05) is 38.1 Å². The minimum atomic E-state index is 0.0450. The zero-order chi connectivity index (χ0) is 20.6. The molecule has 3 aromatic rings. The summed E-state index contributed by atoms with van der Waals surface area (Å²) in [6.45, 7) is 11.4. The average molecular weight is 416 g/mol. The zero-order valence-electron chi connectivity index (χ0n) is 17.8. The summed E-state index contributed by atoms with van der Waals surface area (Å²) in [6, 6.07) is 6.14. The van der Waals surface area contributed by atoms with Crippen molar-refractivity contribution < 1.29 is 9.47 Å². The molecule has 3 heterocycles. The summed E-state index contributed by atoms with van der Waals surface area (Å²) in [6.07, 6.45) is 2.06. The highest BCUT2D eigenvalue weighted by Crippen LogP contribution is 2.30. The van der Waals surface area contributed by atoms with E-state index in [4.69, 9.17) is 19.6 Å². The average Bonchev–Trinajstić information content (AvgIpc) is 3.28. The number of nitrogens with zero attached hydrogens (tertiary/aromatic N) is 5. The van der Waals surface area contributed by atoms with Crippen LogP contribution in [0.15, 0.2) is 24.4 Å². The Kier molecular flexibility index (Phi) is 5.40. The van der Waals surface area contributed by atoms with Crippen LogP contribution in [0.5, 0.6) is 11.5 Å². The molecule has 8 heteroatoms. The second-order valence-electron chi connectivity index (χ2n) is 8.44. The van der Waals surface area contributed by atoms with E-state index in [1.807, 2.05) is 10.6 Å². The second kappa shape index (κ2) is 7.84. The van der Waals surface area contributed by atoms with Gasteiger partial charge >= 0.3 is 0 Å². The number of ether oxygens (including phenoxy) is 2. The summed E-state index contributed by atoms with van der Waals surface area (Å²) in [5.41, 5.74) is 2.37. The van der Waals surface area contributed by atoms with Gasteiger partial charge in [0.15, 0.2) is 11.5 Å². The van der Waals surface area contributed by atoms with Crippen LogP contribution in [0.25, 0.3) is 4.96 Å². The van der Waals surface area contributed by atoms with Crippen molar-refractivity contribution in [3.05, 3.63) is 35.7 Å². The Balaban J connectivity index is 1.38. The van der Waals surface area contributed by atoms with Crippen LogP contribution in [0, 0.1) is 0 Å². The number of hydrogen-bond donors (Lipinski definition) is 0. The molecule has 29 heavy (non-hydrogen) atoms. The number of aromatic nitrogens is 3. The third-order valence-corrected chi connectivity index (χ3v) is 6.28. The van der Waals surface area contributed by atoms with Gasteiger partial charge in [0.2, 0.25) is 10.1 Å². The van der Waals surface area contributed by atoms with Crippen LogP contribution in [0.3, 0.4) is 0 Å². The molecule has 0 saturated carbocycles. The minimum Gasteiger partial charge on any atom is -0.493 e. The maximum atomic E-state index is 5.42. The molecule has 0 bridgehead atoms. The lowest BCUT2D eigenvalue weighted by molar-refractivity contribution is 0.249. The van der Waals surface area contributed by atoms with Crippen molar-refractivity contribution >= 4 is 21.4 Å². The Bertz CT molecular complexity index is 951. The molecular formula is C21H29N5O2S. The number of imidazole rings is 1. The van der Waals surface area contributed by atoms with E-state index < -0.39 is 0 Å². The molecule has 1 aliphatic rings. The molecule has 7 nitrogen and oxygen atoms in total. The SMILES string of the molecule is COc1ccc(CN2CCN(c3nn4cc(C(C)(C)C)nc4s3)CC2)cc1OC. The summed E-state index contributed by atoms with van der Waals surface area (Å²) in [7, 11) is 3.34. The smallest absolute Gasteiger partial charge is 0.214 e. The van der Waals surface area contributed by atoms with Gasteiger partial charge in [-0.2, -0.15) is 0 Å². The number of anilines is 1. The quantitative estimate of drug-likeness (QED) is 0.636. The van der Waals surface area contributed by atoms with E-state index in [-0.39, 0.29) is 5.41 Å². The molecule has 1 aromatic carbocycles. The minimum absolute atomic E-state index is 0.0450. The van der Waals surface area contributed by atoms with E-state index in [1.54, 1.807) is 25.6 Å². The molecule has 0 atom stereocenters. The van der Waals surface area contributed by atoms with E-state index in [0.717, 1.165) is 60.0 Å². The van der Waals surface area contributed by atoms with Crippen LogP contribution in [-0.2, 0) is 12.0 Å². The van der Waals surface area contributed by atoms with Gasteiger partial charge in [0.1, 0.15) is 0 Å². The van der Waals surface area contributed by atoms with Gasteiger partial charge in [-0.15, -0.1) is 5.10 Å². The summed E-state index contributed by atoms with van der Waals surface area (Å²) >= 11 is 1.67. The fraction of sp³-hybridized carbons (Fsp3) is 0.524. The summed E-state index contributed by atoms with van der Waals surface area (Å²) in [5, 5.41) is 5.83. The fourth-order valence-corrected chi connectivity index (χ4v) is 4.45. The van der Waals surface area contributed by atoms with Gasteiger partial charge in [0.05, 0.1) is 26.1 Å². The molecular weight excluding hydrogens is 386 g/mol. The largest absolute Gasteiger partial charge is 0.493 e. The van der Waals surface area contributed by atoms with Crippen molar-refractivity contribution in [1.82, 2.24) is 19.5 Å². The molecule has 0 aliphatic carbocycles. The van der Waals surface area contributed by atoms with Crippen molar-refractivity contribution in [2.24, 2.45) is 0 Å². The van der Waals surface area contributed by atoms with Crippen LogP contribution >= 0.6 is 11.3 Å². The Morgan fingerprint density at radius 2 is 1.76 bits per heavy atom. The maximum absolute atomic E-state index is 5.42. The van der Waals surface area contributed by atoms with E-state index in [0.29, 0.717) is 0 Å². The normalized spacial score (nSPS) is 15.8. The van der Waals surface area contributed by atoms with Gasteiger partial charge in [-0.1, -0.05) is 38.2 Å². The van der Waals surface area contributed by atoms with Crippen LogP contribution < -0.4 is 14.4 Å².